The summed E-state index contributed by atoms with van der Waals surface area (Å²) in [4.78, 5) is 2.73. The molecule has 1 saturated carbocycles. The molecule has 1 aromatic rings. The first kappa shape index (κ1) is 16.6. The van der Waals surface area contributed by atoms with Crippen LogP contribution >= 0.6 is 0 Å². The molecule has 7 unspecified atom stereocenters. The van der Waals surface area contributed by atoms with Gasteiger partial charge in [0, 0.05) is 35.5 Å². The molecule has 2 spiro atoms. The highest BCUT2D eigenvalue weighted by Crippen LogP contribution is 2.67. The van der Waals surface area contributed by atoms with E-state index in [1.165, 1.54) is 30.6 Å². The van der Waals surface area contributed by atoms with Crippen molar-refractivity contribution in [3.05, 3.63) is 54.1 Å². The Morgan fingerprint density at radius 2 is 2.12 bits per heavy atom. The molecule has 0 amide bonds. The van der Waals surface area contributed by atoms with Crippen LogP contribution in [0.2, 0.25) is 0 Å². The van der Waals surface area contributed by atoms with Crippen molar-refractivity contribution in [1.82, 2.24) is 4.90 Å². The van der Waals surface area contributed by atoms with Gasteiger partial charge in [-0.1, -0.05) is 56.4 Å². The fourth-order valence-corrected chi connectivity index (χ4v) is 7.17. The minimum absolute atomic E-state index is 0.124. The summed E-state index contributed by atoms with van der Waals surface area (Å²) in [6.07, 6.45) is 8.62. The van der Waals surface area contributed by atoms with Crippen LogP contribution in [0.3, 0.4) is 0 Å². The van der Waals surface area contributed by atoms with Crippen molar-refractivity contribution >= 4 is 5.69 Å². The fourth-order valence-electron chi connectivity index (χ4n) is 7.17. The Morgan fingerprint density at radius 3 is 2.92 bits per heavy atom. The maximum absolute atomic E-state index is 4.58. The Labute approximate surface area is 158 Å². The van der Waals surface area contributed by atoms with Crippen molar-refractivity contribution in [3.8, 4) is 0 Å². The summed E-state index contributed by atoms with van der Waals surface area (Å²) in [5, 5.41) is 4.13. The normalized spacial score (nSPS) is 45.3. The van der Waals surface area contributed by atoms with Gasteiger partial charge in [-0.2, -0.15) is 0 Å². The Morgan fingerprint density at radius 1 is 1.31 bits per heavy atom. The van der Waals surface area contributed by atoms with Crippen molar-refractivity contribution in [2.75, 3.05) is 18.4 Å². The second kappa shape index (κ2) is 5.48. The van der Waals surface area contributed by atoms with E-state index < -0.39 is 0 Å². The number of hydrogen-bond acceptors (Lipinski definition) is 2. The maximum Gasteiger partial charge on any atom is 0.0543 e. The molecule has 7 atom stereocenters. The highest BCUT2D eigenvalue weighted by atomic mass is 15.2. The van der Waals surface area contributed by atoms with Crippen LogP contribution in [-0.4, -0.2) is 29.6 Å². The monoisotopic (exact) mass is 348 g/mol. The van der Waals surface area contributed by atoms with Crippen molar-refractivity contribution in [1.29, 1.82) is 0 Å². The average molecular weight is 349 g/mol. The molecule has 0 aromatic heterocycles. The molecule has 3 bridgehead atoms. The number of hydrogen-bond donors (Lipinski definition) is 1. The van der Waals surface area contributed by atoms with Gasteiger partial charge in [0.2, 0.25) is 0 Å². The third kappa shape index (κ3) is 1.82. The first-order valence-corrected chi connectivity index (χ1v) is 10.5. The van der Waals surface area contributed by atoms with Gasteiger partial charge in [0.1, 0.15) is 0 Å². The number of nitrogens with one attached hydrogen (secondary N) is 1. The Balaban J connectivity index is 1.74. The van der Waals surface area contributed by atoms with E-state index in [4.69, 9.17) is 0 Å². The summed E-state index contributed by atoms with van der Waals surface area (Å²) in [6, 6.07) is 9.69. The quantitative estimate of drug-likeness (QED) is 0.738. The number of anilines is 1. The first-order valence-electron chi connectivity index (χ1n) is 10.5. The summed E-state index contributed by atoms with van der Waals surface area (Å²) >= 11 is 0. The van der Waals surface area contributed by atoms with Crippen LogP contribution in [0.1, 0.15) is 51.5 Å². The topological polar surface area (TPSA) is 15.3 Å². The Hall–Kier alpha value is -1.54. The third-order valence-corrected chi connectivity index (χ3v) is 8.67. The summed E-state index contributed by atoms with van der Waals surface area (Å²) in [5.41, 5.74) is 4.74. The molecule has 5 rings (SSSR count). The molecule has 2 heteroatoms. The van der Waals surface area contributed by atoms with Gasteiger partial charge in [0.15, 0.2) is 0 Å². The largest absolute Gasteiger partial charge is 0.378 e. The number of benzene rings is 1. The number of nitrogens with zero attached hydrogens (tertiary/aromatic N) is 1. The van der Waals surface area contributed by atoms with Crippen molar-refractivity contribution < 1.29 is 0 Å². The van der Waals surface area contributed by atoms with Gasteiger partial charge >= 0.3 is 0 Å². The van der Waals surface area contributed by atoms with Crippen LogP contribution in [0, 0.1) is 17.3 Å². The molecule has 3 aliphatic heterocycles. The van der Waals surface area contributed by atoms with E-state index in [0.717, 1.165) is 13.0 Å². The summed E-state index contributed by atoms with van der Waals surface area (Å²) in [7, 11) is 0. The molecule has 2 fully saturated rings. The van der Waals surface area contributed by atoms with Gasteiger partial charge < -0.3 is 5.32 Å². The predicted octanol–water partition coefficient (Wildman–Crippen LogP) is 5.21. The van der Waals surface area contributed by atoms with E-state index in [-0.39, 0.29) is 11.0 Å². The minimum atomic E-state index is 0.124. The lowest BCUT2D eigenvalue weighted by molar-refractivity contribution is 0.0456. The molecule has 1 saturated heterocycles. The molecule has 26 heavy (non-hydrogen) atoms. The highest BCUT2D eigenvalue weighted by Gasteiger charge is 2.67. The predicted molar refractivity (Wildman–Crippen MR) is 109 cm³/mol. The smallest absolute Gasteiger partial charge is 0.0543 e. The third-order valence-electron chi connectivity index (χ3n) is 8.67. The van der Waals surface area contributed by atoms with Crippen LogP contribution in [-0.2, 0) is 0 Å². The lowest BCUT2D eigenvalue weighted by Crippen LogP contribution is -2.58. The first-order chi connectivity index (χ1) is 12.5. The van der Waals surface area contributed by atoms with Gasteiger partial charge in [0.05, 0.1) is 5.54 Å². The van der Waals surface area contributed by atoms with Crippen LogP contribution in [0.15, 0.2) is 48.6 Å². The molecule has 3 heterocycles. The second-order valence-electron chi connectivity index (χ2n) is 9.16. The Bertz CT molecular complexity index is 780. The van der Waals surface area contributed by atoms with Gasteiger partial charge in [-0.05, 0) is 50.3 Å². The van der Waals surface area contributed by atoms with E-state index >= 15 is 0 Å². The standard InChI is InChI=1S/C24H32N2/c1-5-16(2)21-15-23-12-8-13-26(18(23)4)14-11-20-19-9-6-7-10-22(19)25-24(20,21)17(23)3/h6-10,12,17-18,20-21,25H,2,5,11,13-15H2,1,3-4H3. The summed E-state index contributed by atoms with van der Waals surface area (Å²) in [5.74, 6) is 1.73. The molecule has 138 valence electrons. The fraction of sp³-hybridized carbons (Fsp3) is 0.583. The molecule has 2 nitrogen and oxygen atoms in total. The summed E-state index contributed by atoms with van der Waals surface area (Å²) < 4.78 is 0. The highest BCUT2D eigenvalue weighted by molar-refractivity contribution is 5.64. The van der Waals surface area contributed by atoms with E-state index in [2.05, 4.69) is 74.0 Å². The van der Waals surface area contributed by atoms with Gasteiger partial charge in [-0.15, -0.1) is 0 Å². The number of fused-ring (bicyclic) bond motifs is 3. The van der Waals surface area contributed by atoms with Gasteiger partial charge in [-0.3, -0.25) is 4.90 Å². The molecule has 1 aliphatic carbocycles. The Kier molecular flexibility index (Phi) is 3.50. The molecule has 0 radical (unpaired) electrons. The van der Waals surface area contributed by atoms with E-state index in [0.29, 0.717) is 23.8 Å². The van der Waals surface area contributed by atoms with E-state index in [9.17, 15) is 0 Å². The van der Waals surface area contributed by atoms with Gasteiger partial charge in [-0.25, -0.2) is 0 Å². The van der Waals surface area contributed by atoms with Crippen LogP contribution in [0.25, 0.3) is 0 Å². The van der Waals surface area contributed by atoms with Crippen LogP contribution < -0.4 is 5.32 Å². The maximum atomic E-state index is 4.58. The van der Waals surface area contributed by atoms with Crippen molar-refractivity contribution in [2.24, 2.45) is 17.3 Å². The molecular formula is C24H32N2. The lowest BCUT2D eigenvalue weighted by atomic mass is 9.62. The van der Waals surface area contributed by atoms with Crippen molar-refractivity contribution in [3.63, 3.8) is 0 Å². The minimum Gasteiger partial charge on any atom is -0.378 e. The number of rotatable bonds is 2. The molecule has 1 aromatic carbocycles. The molecule has 4 aliphatic rings. The summed E-state index contributed by atoms with van der Waals surface area (Å²) in [6.45, 7) is 14.2. The zero-order chi connectivity index (χ0) is 18.1. The number of para-hydroxylation sites is 1. The van der Waals surface area contributed by atoms with Crippen LogP contribution in [0.4, 0.5) is 5.69 Å². The van der Waals surface area contributed by atoms with E-state index in [1.807, 2.05) is 0 Å². The zero-order valence-electron chi connectivity index (χ0n) is 16.5. The average Bonchev–Trinajstić information content (AvgIpc) is 3.11. The molecule has 1 N–H and O–H groups in total. The second-order valence-corrected chi connectivity index (χ2v) is 9.16. The molecular weight excluding hydrogens is 316 g/mol. The van der Waals surface area contributed by atoms with Gasteiger partial charge in [0.25, 0.3) is 0 Å². The lowest BCUT2D eigenvalue weighted by Gasteiger charge is -2.52. The van der Waals surface area contributed by atoms with E-state index in [1.54, 1.807) is 5.56 Å². The SMILES string of the molecule is C=C(CC)C1CC23C=CCN(CCC4c5ccccc5NC14C2C)C3C. The van der Waals surface area contributed by atoms with Crippen LogP contribution in [0.5, 0.6) is 0 Å². The zero-order valence-corrected chi connectivity index (χ0v) is 16.5. The van der Waals surface area contributed by atoms with Crippen molar-refractivity contribution in [2.45, 2.75) is 57.5 Å².